The van der Waals surface area contributed by atoms with Gasteiger partial charge in [-0.05, 0) is 62.4 Å². The van der Waals surface area contributed by atoms with Gasteiger partial charge in [-0.25, -0.2) is 4.98 Å². The summed E-state index contributed by atoms with van der Waals surface area (Å²) < 4.78 is 0. The minimum Gasteiger partial charge on any atom is -0.336 e. The van der Waals surface area contributed by atoms with Crippen LogP contribution in [0.15, 0.2) is 42.6 Å². The summed E-state index contributed by atoms with van der Waals surface area (Å²) in [4.78, 5) is 24.9. The number of benzene rings is 1. The summed E-state index contributed by atoms with van der Waals surface area (Å²) in [7, 11) is 0. The zero-order valence-corrected chi connectivity index (χ0v) is 17.0. The average molecular weight is 394 g/mol. The second-order valence-corrected chi connectivity index (χ2v) is 7.80. The summed E-state index contributed by atoms with van der Waals surface area (Å²) in [6.07, 6.45) is 6.04. The molecule has 28 heavy (non-hydrogen) atoms. The Morgan fingerprint density at radius 3 is 2.82 bits per heavy atom. The minimum atomic E-state index is 0.0813. The van der Waals surface area contributed by atoms with E-state index in [2.05, 4.69) is 11.9 Å². The Balaban J connectivity index is 1.91. The van der Waals surface area contributed by atoms with Crippen LogP contribution in [0.2, 0.25) is 5.02 Å². The summed E-state index contributed by atoms with van der Waals surface area (Å²) in [6, 6.07) is 11.7. The highest BCUT2D eigenvalue weighted by Crippen LogP contribution is 2.31. The highest BCUT2D eigenvalue weighted by molar-refractivity contribution is 6.32. The van der Waals surface area contributed by atoms with Crippen LogP contribution in [0.1, 0.15) is 48.5 Å². The van der Waals surface area contributed by atoms with Gasteiger partial charge in [-0.1, -0.05) is 30.7 Å². The number of piperidine rings is 1. The number of halogens is 1. The van der Waals surface area contributed by atoms with Crippen LogP contribution in [0.3, 0.4) is 0 Å². The third-order valence-electron chi connectivity index (χ3n) is 5.69. The number of amides is 1. The SMILES string of the molecule is CCC1CCCCN1C(=O)c1cc(-c2ccccn2)nc2c(C)c(Cl)ccc12. The molecule has 4 nitrogen and oxygen atoms in total. The molecule has 1 aliphatic rings. The van der Waals surface area contributed by atoms with E-state index in [0.29, 0.717) is 22.3 Å². The lowest BCUT2D eigenvalue weighted by Gasteiger charge is -2.35. The Morgan fingerprint density at radius 1 is 1.21 bits per heavy atom. The van der Waals surface area contributed by atoms with Gasteiger partial charge in [0, 0.05) is 29.2 Å². The number of carbonyl (C=O) groups excluding carboxylic acids is 1. The lowest BCUT2D eigenvalue weighted by atomic mass is 9.97. The maximum Gasteiger partial charge on any atom is 0.254 e. The number of aromatic nitrogens is 2. The molecular weight excluding hydrogens is 370 g/mol. The second-order valence-electron chi connectivity index (χ2n) is 7.39. The molecule has 1 atom stereocenters. The number of rotatable bonds is 3. The summed E-state index contributed by atoms with van der Waals surface area (Å²) in [5, 5.41) is 1.51. The van der Waals surface area contributed by atoms with Crippen LogP contribution in [-0.4, -0.2) is 33.4 Å². The first-order chi connectivity index (χ1) is 13.6. The number of fused-ring (bicyclic) bond motifs is 1. The van der Waals surface area contributed by atoms with Crippen molar-refractivity contribution in [3.8, 4) is 11.4 Å². The van der Waals surface area contributed by atoms with Gasteiger partial charge in [-0.3, -0.25) is 9.78 Å². The van der Waals surface area contributed by atoms with Gasteiger partial charge in [0.2, 0.25) is 0 Å². The topological polar surface area (TPSA) is 46.1 Å². The number of pyridine rings is 2. The third kappa shape index (κ3) is 3.37. The molecule has 1 unspecified atom stereocenters. The van der Waals surface area contributed by atoms with Crippen molar-refractivity contribution < 1.29 is 4.79 Å². The number of nitrogens with zero attached hydrogens (tertiary/aromatic N) is 3. The van der Waals surface area contributed by atoms with Crippen LogP contribution in [0.25, 0.3) is 22.3 Å². The molecule has 0 bridgehead atoms. The van der Waals surface area contributed by atoms with Gasteiger partial charge < -0.3 is 4.90 Å². The first-order valence-corrected chi connectivity index (χ1v) is 10.3. The zero-order valence-electron chi connectivity index (χ0n) is 16.3. The smallest absolute Gasteiger partial charge is 0.254 e. The monoisotopic (exact) mass is 393 g/mol. The molecule has 1 aliphatic heterocycles. The molecule has 1 saturated heterocycles. The normalized spacial score (nSPS) is 17.1. The number of carbonyl (C=O) groups is 1. The van der Waals surface area contributed by atoms with Gasteiger partial charge >= 0.3 is 0 Å². The highest BCUT2D eigenvalue weighted by Gasteiger charge is 2.28. The van der Waals surface area contributed by atoms with E-state index in [0.717, 1.165) is 48.0 Å². The van der Waals surface area contributed by atoms with Gasteiger partial charge in [0.15, 0.2) is 0 Å². The quantitative estimate of drug-likeness (QED) is 0.576. The summed E-state index contributed by atoms with van der Waals surface area (Å²) in [6.45, 7) is 4.92. The van der Waals surface area contributed by atoms with E-state index >= 15 is 0 Å². The Morgan fingerprint density at radius 2 is 2.07 bits per heavy atom. The van der Waals surface area contributed by atoms with Gasteiger partial charge in [-0.2, -0.15) is 0 Å². The van der Waals surface area contributed by atoms with Crippen molar-refractivity contribution in [2.45, 2.75) is 45.6 Å². The number of aryl methyl sites for hydroxylation is 1. The molecule has 0 radical (unpaired) electrons. The number of hydrogen-bond acceptors (Lipinski definition) is 3. The van der Waals surface area contributed by atoms with Crippen molar-refractivity contribution in [2.75, 3.05) is 6.54 Å². The van der Waals surface area contributed by atoms with E-state index < -0.39 is 0 Å². The van der Waals surface area contributed by atoms with Crippen molar-refractivity contribution in [3.63, 3.8) is 0 Å². The Hall–Kier alpha value is -2.46. The largest absolute Gasteiger partial charge is 0.336 e. The van der Waals surface area contributed by atoms with Crippen LogP contribution < -0.4 is 0 Å². The van der Waals surface area contributed by atoms with Crippen molar-refractivity contribution in [3.05, 3.63) is 58.7 Å². The fourth-order valence-corrected chi connectivity index (χ4v) is 4.23. The number of likely N-dealkylation sites (tertiary alicyclic amines) is 1. The molecule has 3 heterocycles. The summed E-state index contributed by atoms with van der Waals surface area (Å²) in [5.41, 5.74) is 3.79. The van der Waals surface area contributed by atoms with Crippen LogP contribution in [0.5, 0.6) is 0 Å². The van der Waals surface area contributed by atoms with E-state index in [9.17, 15) is 4.79 Å². The molecule has 3 aromatic rings. The Kier molecular flexibility index (Phi) is 5.31. The second kappa shape index (κ2) is 7.88. The van der Waals surface area contributed by atoms with Crippen LogP contribution in [0.4, 0.5) is 0 Å². The average Bonchev–Trinajstić information content (AvgIpc) is 2.75. The van der Waals surface area contributed by atoms with Crippen molar-refractivity contribution in [1.82, 2.24) is 14.9 Å². The molecule has 0 saturated carbocycles. The van der Waals surface area contributed by atoms with Gasteiger partial charge in [0.1, 0.15) is 0 Å². The lowest BCUT2D eigenvalue weighted by molar-refractivity contribution is 0.0610. The third-order valence-corrected chi connectivity index (χ3v) is 6.09. The molecule has 0 N–H and O–H groups in total. The predicted molar refractivity (Wildman–Crippen MR) is 114 cm³/mol. The minimum absolute atomic E-state index is 0.0813. The van der Waals surface area contributed by atoms with Gasteiger partial charge in [0.05, 0.1) is 22.5 Å². The molecule has 4 rings (SSSR count). The van der Waals surface area contributed by atoms with Gasteiger partial charge in [0.25, 0.3) is 5.91 Å². The van der Waals surface area contributed by atoms with E-state index in [1.807, 2.05) is 48.2 Å². The molecule has 1 aromatic carbocycles. The van der Waals surface area contributed by atoms with E-state index in [-0.39, 0.29) is 5.91 Å². The Labute approximate surface area is 170 Å². The molecule has 1 fully saturated rings. The standard InChI is InChI=1S/C23H24ClN3O/c1-3-16-8-5-7-13-27(16)23(28)18-14-21(20-9-4-6-12-25-20)26-22-15(2)19(24)11-10-17(18)22/h4,6,9-12,14,16H,3,5,7-8,13H2,1-2H3. The maximum absolute atomic E-state index is 13.6. The molecule has 5 heteroatoms. The van der Waals surface area contributed by atoms with Crippen molar-refractivity contribution >= 4 is 28.4 Å². The van der Waals surface area contributed by atoms with Crippen LogP contribution in [0, 0.1) is 6.92 Å². The number of hydrogen-bond donors (Lipinski definition) is 0. The zero-order chi connectivity index (χ0) is 19.7. The molecule has 0 spiro atoms. The summed E-state index contributed by atoms with van der Waals surface area (Å²) >= 11 is 6.36. The first-order valence-electron chi connectivity index (χ1n) is 9.92. The predicted octanol–water partition coefficient (Wildman–Crippen LogP) is 5.66. The molecule has 2 aromatic heterocycles. The van der Waals surface area contributed by atoms with Crippen LogP contribution in [-0.2, 0) is 0 Å². The van der Waals surface area contributed by atoms with Gasteiger partial charge in [-0.15, -0.1) is 0 Å². The fourth-order valence-electron chi connectivity index (χ4n) is 4.07. The van der Waals surface area contributed by atoms with Crippen LogP contribution >= 0.6 is 11.6 Å². The van der Waals surface area contributed by atoms with Crippen molar-refractivity contribution in [1.29, 1.82) is 0 Å². The summed E-state index contributed by atoms with van der Waals surface area (Å²) in [5.74, 6) is 0.0813. The highest BCUT2D eigenvalue weighted by atomic mass is 35.5. The van der Waals surface area contributed by atoms with E-state index in [1.54, 1.807) is 6.20 Å². The molecule has 1 amide bonds. The van der Waals surface area contributed by atoms with Crippen molar-refractivity contribution in [2.24, 2.45) is 0 Å². The first kappa shape index (κ1) is 18.9. The molecular formula is C23H24ClN3O. The van der Waals surface area contributed by atoms with E-state index in [4.69, 9.17) is 16.6 Å². The molecule has 144 valence electrons. The Bertz CT molecular complexity index is 1020. The molecule has 0 aliphatic carbocycles. The lowest BCUT2D eigenvalue weighted by Crippen LogP contribution is -2.43. The van der Waals surface area contributed by atoms with E-state index in [1.165, 1.54) is 6.42 Å². The fraction of sp³-hybridized carbons (Fsp3) is 0.348. The maximum atomic E-state index is 13.6.